The largest absolute Gasteiger partial charge is 0.477 e. The van der Waals surface area contributed by atoms with Gasteiger partial charge in [0.05, 0.1) is 12.3 Å². The average Bonchev–Trinajstić information content (AvgIpc) is 2.63. The molecule has 0 aliphatic carbocycles. The standard InChI is InChI=1S/C18H16N6O/c1-2-25-18-15(8-19)16(20)7-17(24-18)23-14-5-3-12(4-6-14)13-9-21-11-22-10-13/h3-7,9-11H,2H2,1H3,(H3,20,23,24). The van der Waals surface area contributed by atoms with E-state index in [-0.39, 0.29) is 11.4 Å². The minimum Gasteiger partial charge on any atom is -0.477 e. The summed E-state index contributed by atoms with van der Waals surface area (Å²) in [6.07, 6.45) is 5.01. The summed E-state index contributed by atoms with van der Waals surface area (Å²) in [6, 6.07) is 11.4. The highest BCUT2D eigenvalue weighted by molar-refractivity contribution is 5.70. The Labute approximate surface area is 145 Å². The van der Waals surface area contributed by atoms with Crippen molar-refractivity contribution in [2.24, 2.45) is 0 Å². The Morgan fingerprint density at radius 3 is 2.52 bits per heavy atom. The number of aromatic nitrogens is 3. The van der Waals surface area contributed by atoms with Gasteiger partial charge in [0.15, 0.2) is 0 Å². The van der Waals surface area contributed by atoms with Gasteiger partial charge in [-0.3, -0.25) is 0 Å². The Morgan fingerprint density at radius 2 is 1.88 bits per heavy atom. The summed E-state index contributed by atoms with van der Waals surface area (Å²) in [5.74, 6) is 0.737. The SMILES string of the molecule is CCOc1nc(Nc2ccc(-c3cncnc3)cc2)cc(N)c1C#N. The van der Waals surface area contributed by atoms with E-state index in [0.717, 1.165) is 16.8 Å². The molecule has 1 aromatic carbocycles. The van der Waals surface area contributed by atoms with Gasteiger partial charge in [-0.1, -0.05) is 12.1 Å². The number of anilines is 3. The van der Waals surface area contributed by atoms with Crippen LogP contribution in [0, 0.1) is 11.3 Å². The highest BCUT2D eigenvalue weighted by atomic mass is 16.5. The van der Waals surface area contributed by atoms with Crippen molar-refractivity contribution in [3.8, 4) is 23.1 Å². The first-order valence-corrected chi connectivity index (χ1v) is 7.67. The van der Waals surface area contributed by atoms with Crippen molar-refractivity contribution in [3.63, 3.8) is 0 Å². The maximum Gasteiger partial charge on any atom is 0.235 e. The van der Waals surface area contributed by atoms with E-state index in [2.05, 4.69) is 20.3 Å². The molecule has 0 unspecified atom stereocenters. The summed E-state index contributed by atoms with van der Waals surface area (Å²) in [7, 11) is 0. The van der Waals surface area contributed by atoms with E-state index in [1.165, 1.54) is 6.33 Å². The van der Waals surface area contributed by atoms with Crippen molar-refractivity contribution in [1.29, 1.82) is 5.26 Å². The highest BCUT2D eigenvalue weighted by Gasteiger charge is 2.12. The summed E-state index contributed by atoms with van der Waals surface area (Å²) in [5, 5.41) is 12.3. The summed E-state index contributed by atoms with van der Waals surface area (Å²) in [5.41, 5.74) is 9.26. The van der Waals surface area contributed by atoms with Crippen molar-refractivity contribution in [1.82, 2.24) is 15.0 Å². The van der Waals surface area contributed by atoms with Gasteiger partial charge in [0.1, 0.15) is 23.8 Å². The molecule has 7 nitrogen and oxygen atoms in total. The lowest BCUT2D eigenvalue weighted by Gasteiger charge is -2.11. The number of ether oxygens (including phenoxy) is 1. The lowest BCUT2D eigenvalue weighted by Crippen LogP contribution is -2.04. The van der Waals surface area contributed by atoms with Crippen LogP contribution in [0.4, 0.5) is 17.2 Å². The second kappa shape index (κ2) is 7.27. The Bertz CT molecular complexity index is 903. The molecule has 0 spiro atoms. The van der Waals surface area contributed by atoms with Crippen LogP contribution in [-0.2, 0) is 0 Å². The second-order valence-electron chi connectivity index (χ2n) is 5.15. The molecule has 0 bridgehead atoms. The zero-order valence-corrected chi connectivity index (χ0v) is 13.6. The third kappa shape index (κ3) is 3.64. The molecule has 124 valence electrons. The predicted octanol–water partition coefficient (Wildman–Crippen LogP) is 3.13. The van der Waals surface area contributed by atoms with Gasteiger partial charge in [0.2, 0.25) is 5.88 Å². The van der Waals surface area contributed by atoms with Crippen LogP contribution in [-0.4, -0.2) is 21.6 Å². The first-order chi connectivity index (χ1) is 12.2. The molecule has 0 aliphatic rings. The first kappa shape index (κ1) is 16.2. The van der Waals surface area contributed by atoms with Crippen LogP contribution in [0.15, 0.2) is 49.1 Å². The fourth-order valence-corrected chi connectivity index (χ4v) is 2.30. The third-order valence-corrected chi connectivity index (χ3v) is 3.46. The Kier molecular flexibility index (Phi) is 4.72. The van der Waals surface area contributed by atoms with Crippen LogP contribution in [0.1, 0.15) is 12.5 Å². The van der Waals surface area contributed by atoms with Crippen molar-refractivity contribution >= 4 is 17.2 Å². The lowest BCUT2D eigenvalue weighted by molar-refractivity contribution is 0.326. The smallest absolute Gasteiger partial charge is 0.235 e. The number of pyridine rings is 1. The van der Waals surface area contributed by atoms with E-state index in [1.807, 2.05) is 37.3 Å². The number of nitriles is 1. The van der Waals surface area contributed by atoms with Gasteiger partial charge in [-0.05, 0) is 24.6 Å². The number of hydrogen-bond acceptors (Lipinski definition) is 7. The normalized spacial score (nSPS) is 10.1. The molecule has 0 amide bonds. The number of nitrogen functional groups attached to an aromatic ring is 1. The average molecular weight is 332 g/mol. The maximum atomic E-state index is 9.16. The Morgan fingerprint density at radius 1 is 1.16 bits per heavy atom. The van der Waals surface area contributed by atoms with Crippen LogP contribution < -0.4 is 15.8 Å². The fraction of sp³-hybridized carbons (Fsp3) is 0.111. The van der Waals surface area contributed by atoms with Crippen molar-refractivity contribution in [3.05, 3.63) is 54.6 Å². The number of hydrogen-bond donors (Lipinski definition) is 2. The Balaban J connectivity index is 1.84. The molecule has 3 rings (SSSR count). The van der Waals surface area contributed by atoms with Crippen molar-refractivity contribution in [2.45, 2.75) is 6.92 Å². The molecule has 3 N–H and O–H groups in total. The molecular formula is C18H16N6O. The van der Waals surface area contributed by atoms with Gasteiger partial charge in [-0.15, -0.1) is 0 Å². The number of nitrogens with one attached hydrogen (secondary N) is 1. The van der Waals surface area contributed by atoms with Crippen LogP contribution >= 0.6 is 0 Å². The van der Waals surface area contributed by atoms with Gasteiger partial charge in [-0.25, -0.2) is 9.97 Å². The van der Waals surface area contributed by atoms with Crippen molar-refractivity contribution < 1.29 is 4.74 Å². The van der Waals surface area contributed by atoms with Gasteiger partial charge in [0.25, 0.3) is 0 Å². The van der Waals surface area contributed by atoms with E-state index in [0.29, 0.717) is 18.1 Å². The van der Waals surface area contributed by atoms with Gasteiger partial charge < -0.3 is 15.8 Å². The predicted molar refractivity (Wildman–Crippen MR) is 95.3 cm³/mol. The molecule has 0 fully saturated rings. The molecule has 0 atom stereocenters. The number of nitrogens with two attached hydrogens (primary N) is 1. The quantitative estimate of drug-likeness (QED) is 0.738. The number of benzene rings is 1. The van der Waals surface area contributed by atoms with Gasteiger partial charge >= 0.3 is 0 Å². The molecule has 3 aromatic rings. The monoisotopic (exact) mass is 332 g/mol. The molecule has 0 saturated carbocycles. The first-order valence-electron chi connectivity index (χ1n) is 7.67. The van der Waals surface area contributed by atoms with Crippen LogP contribution in [0.25, 0.3) is 11.1 Å². The topological polar surface area (TPSA) is 110 Å². The fourth-order valence-electron chi connectivity index (χ4n) is 2.30. The van der Waals surface area contributed by atoms with E-state index in [1.54, 1.807) is 18.5 Å². The van der Waals surface area contributed by atoms with E-state index in [4.69, 9.17) is 15.7 Å². The second-order valence-corrected chi connectivity index (χ2v) is 5.15. The third-order valence-electron chi connectivity index (χ3n) is 3.46. The minimum atomic E-state index is 0.227. The zero-order chi connectivity index (χ0) is 17.6. The maximum absolute atomic E-state index is 9.16. The molecule has 0 saturated heterocycles. The van der Waals surface area contributed by atoms with Crippen LogP contribution in [0.3, 0.4) is 0 Å². The molecule has 7 heteroatoms. The molecule has 0 aliphatic heterocycles. The highest BCUT2D eigenvalue weighted by Crippen LogP contribution is 2.27. The van der Waals surface area contributed by atoms with E-state index < -0.39 is 0 Å². The minimum absolute atomic E-state index is 0.227. The zero-order valence-electron chi connectivity index (χ0n) is 13.6. The Hall–Kier alpha value is -3.66. The summed E-state index contributed by atoms with van der Waals surface area (Å²) < 4.78 is 5.40. The number of nitrogens with zero attached hydrogens (tertiary/aromatic N) is 4. The lowest BCUT2D eigenvalue weighted by atomic mass is 10.1. The summed E-state index contributed by atoms with van der Waals surface area (Å²) >= 11 is 0. The van der Waals surface area contributed by atoms with Crippen LogP contribution in [0.5, 0.6) is 5.88 Å². The number of rotatable bonds is 5. The molecular weight excluding hydrogens is 316 g/mol. The molecule has 25 heavy (non-hydrogen) atoms. The molecule has 2 aromatic heterocycles. The van der Waals surface area contributed by atoms with Crippen molar-refractivity contribution in [2.75, 3.05) is 17.7 Å². The molecule has 0 radical (unpaired) electrons. The van der Waals surface area contributed by atoms with E-state index in [9.17, 15) is 0 Å². The van der Waals surface area contributed by atoms with Crippen LogP contribution in [0.2, 0.25) is 0 Å². The summed E-state index contributed by atoms with van der Waals surface area (Å²) in [4.78, 5) is 12.3. The summed E-state index contributed by atoms with van der Waals surface area (Å²) in [6.45, 7) is 2.23. The molecule has 2 heterocycles. The van der Waals surface area contributed by atoms with E-state index >= 15 is 0 Å². The van der Waals surface area contributed by atoms with Gasteiger partial charge in [0, 0.05) is 29.7 Å². The van der Waals surface area contributed by atoms with Gasteiger partial charge in [-0.2, -0.15) is 10.2 Å².